The molecule has 4 rings (SSSR count). The third-order valence-electron chi connectivity index (χ3n) is 5.29. The second-order valence-corrected chi connectivity index (χ2v) is 7.44. The van der Waals surface area contributed by atoms with E-state index in [2.05, 4.69) is 20.8 Å². The van der Waals surface area contributed by atoms with Crippen LogP contribution in [0.15, 0.2) is 66.9 Å². The van der Waals surface area contributed by atoms with Gasteiger partial charge in [-0.3, -0.25) is 25.4 Å². The number of hydrogen-bond acceptors (Lipinski definition) is 4. The zero-order chi connectivity index (χ0) is 23.2. The predicted octanol–water partition coefficient (Wildman–Crippen LogP) is 4.16. The summed E-state index contributed by atoms with van der Waals surface area (Å²) in [6, 6.07) is 16.9. The molecule has 33 heavy (non-hydrogen) atoms. The van der Waals surface area contributed by atoms with Crippen LogP contribution in [0, 0.1) is 5.82 Å². The summed E-state index contributed by atoms with van der Waals surface area (Å²) in [4.78, 5) is 32.3. The first-order valence-corrected chi connectivity index (χ1v) is 10.5. The van der Waals surface area contributed by atoms with Crippen molar-refractivity contribution in [2.24, 2.45) is 0 Å². The van der Waals surface area contributed by atoms with Crippen molar-refractivity contribution >= 4 is 22.7 Å². The molecule has 7 nitrogen and oxygen atoms in total. The maximum atomic E-state index is 13.9. The average molecular weight is 446 g/mol. The molecule has 0 bridgehead atoms. The van der Waals surface area contributed by atoms with E-state index in [0.717, 1.165) is 27.9 Å². The van der Waals surface area contributed by atoms with E-state index in [0.29, 0.717) is 24.2 Å². The van der Waals surface area contributed by atoms with Gasteiger partial charge in [-0.25, -0.2) is 4.39 Å². The Morgan fingerprint density at radius 3 is 2.67 bits per heavy atom. The monoisotopic (exact) mass is 446 g/mol. The lowest BCUT2D eigenvalue weighted by Gasteiger charge is -2.10. The number of carbonyl (C=O) groups is 2. The van der Waals surface area contributed by atoms with Crippen molar-refractivity contribution in [3.8, 4) is 17.1 Å². The second-order valence-electron chi connectivity index (χ2n) is 7.44. The number of pyridine rings is 1. The average Bonchev–Trinajstić information content (AvgIpc) is 3.20. The molecule has 2 aromatic carbocycles. The lowest BCUT2D eigenvalue weighted by Crippen LogP contribution is -2.41. The fourth-order valence-corrected chi connectivity index (χ4v) is 3.72. The van der Waals surface area contributed by atoms with Crippen LogP contribution in [-0.2, 0) is 11.2 Å². The van der Waals surface area contributed by atoms with Gasteiger partial charge in [0.2, 0.25) is 5.91 Å². The van der Waals surface area contributed by atoms with Crippen LogP contribution < -0.4 is 15.6 Å². The Bertz CT molecular complexity index is 1290. The molecule has 0 aliphatic heterocycles. The van der Waals surface area contributed by atoms with Crippen LogP contribution >= 0.6 is 0 Å². The molecule has 0 unspecified atom stereocenters. The van der Waals surface area contributed by atoms with Gasteiger partial charge in [0, 0.05) is 23.5 Å². The normalized spacial score (nSPS) is 10.7. The van der Waals surface area contributed by atoms with E-state index in [9.17, 15) is 14.0 Å². The number of halogens is 1. The first-order valence-electron chi connectivity index (χ1n) is 10.5. The molecule has 0 atom stereocenters. The molecule has 2 heterocycles. The second kappa shape index (κ2) is 9.95. The van der Waals surface area contributed by atoms with Crippen LogP contribution in [0.25, 0.3) is 22.3 Å². The lowest BCUT2D eigenvalue weighted by atomic mass is 10.0. The predicted molar refractivity (Wildman–Crippen MR) is 123 cm³/mol. The van der Waals surface area contributed by atoms with Crippen molar-refractivity contribution in [1.82, 2.24) is 20.8 Å². The van der Waals surface area contributed by atoms with E-state index in [4.69, 9.17) is 4.74 Å². The Morgan fingerprint density at radius 1 is 1.06 bits per heavy atom. The molecular weight excluding hydrogens is 423 g/mol. The number of hydrogen-bond donors (Lipinski definition) is 3. The van der Waals surface area contributed by atoms with Gasteiger partial charge < -0.3 is 9.72 Å². The summed E-state index contributed by atoms with van der Waals surface area (Å²) >= 11 is 0. The number of fused-ring (bicyclic) bond motifs is 1. The Morgan fingerprint density at radius 2 is 1.88 bits per heavy atom. The van der Waals surface area contributed by atoms with Crippen molar-refractivity contribution in [3.63, 3.8) is 0 Å². The minimum absolute atomic E-state index is 0.176. The Hall–Kier alpha value is -4.20. The van der Waals surface area contributed by atoms with Crippen molar-refractivity contribution < 1.29 is 18.7 Å². The van der Waals surface area contributed by atoms with Crippen molar-refractivity contribution in [2.75, 3.05) is 7.11 Å². The van der Waals surface area contributed by atoms with Crippen molar-refractivity contribution in [3.05, 3.63) is 83.8 Å². The van der Waals surface area contributed by atoms with Gasteiger partial charge in [0.05, 0.1) is 24.1 Å². The summed E-state index contributed by atoms with van der Waals surface area (Å²) in [5.41, 5.74) is 8.42. The quantitative estimate of drug-likeness (QED) is 0.372. The van der Waals surface area contributed by atoms with E-state index < -0.39 is 5.91 Å². The third-order valence-corrected chi connectivity index (χ3v) is 5.29. The standard InChI is InChI=1S/C25H23FN4O3/c1-33-22-10-3-2-7-18(22)25(32)30-29-23(31)11-6-8-17-19-15-16(26)12-13-20(19)28-24(17)21-9-4-5-14-27-21/h2-5,7,9-10,12-15,28H,6,8,11H2,1H3,(H,29,31)(H,30,32). The topological polar surface area (TPSA) is 96.1 Å². The molecule has 0 fully saturated rings. The van der Waals surface area contributed by atoms with Gasteiger partial charge in [0.15, 0.2) is 0 Å². The molecular formula is C25H23FN4O3. The molecule has 0 saturated heterocycles. The lowest BCUT2D eigenvalue weighted by molar-refractivity contribution is -0.121. The summed E-state index contributed by atoms with van der Waals surface area (Å²) in [5.74, 6) is -0.709. The van der Waals surface area contributed by atoms with Crippen molar-refractivity contribution in [2.45, 2.75) is 19.3 Å². The summed E-state index contributed by atoms with van der Waals surface area (Å²) in [7, 11) is 1.47. The van der Waals surface area contributed by atoms with Gasteiger partial charge in [-0.2, -0.15) is 0 Å². The number of nitrogens with zero attached hydrogens (tertiary/aromatic N) is 1. The Labute approximate surface area is 190 Å². The molecule has 0 saturated carbocycles. The van der Waals surface area contributed by atoms with E-state index in [-0.39, 0.29) is 18.1 Å². The molecule has 0 aliphatic rings. The van der Waals surface area contributed by atoms with Gasteiger partial charge in [-0.1, -0.05) is 18.2 Å². The summed E-state index contributed by atoms with van der Waals surface area (Å²) < 4.78 is 19.1. The number of amides is 2. The number of nitrogens with one attached hydrogen (secondary N) is 3. The highest BCUT2D eigenvalue weighted by Crippen LogP contribution is 2.31. The molecule has 0 aliphatic carbocycles. The maximum absolute atomic E-state index is 13.9. The van der Waals surface area contributed by atoms with Crippen LogP contribution in [0.4, 0.5) is 4.39 Å². The zero-order valence-corrected chi connectivity index (χ0v) is 18.0. The van der Waals surface area contributed by atoms with Gasteiger partial charge >= 0.3 is 0 Å². The van der Waals surface area contributed by atoms with E-state index in [1.165, 1.54) is 19.2 Å². The molecule has 3 N–H and O–H groups in total. The van der Waals surface area contributed by atoms with Crippen LogP contribution in [0.1, 0.15) is 28.8 Å². The van der Waals surface area contributed by atoms with E-state index in [1.807, 2.05) is 18.2 Å². The Balaban J connectivity index is 1.41. The number of aryl methyl sites for hydroxylation is 1. The molecule has 8 heteroatoms. The highest BCUT2D eigenvalue weighted by Gasteiger charge is 2.16. The smallest absolute Gasteiger partial charge is 0.273 e. The van der Waals surface area contributed by atoms with Gasteiger partial charge in [-0.05, 0) is 60.9 Å². The highest BCUT2D eigenvalue weighted by atomic mass is 19.1. The number of carbonyl (C=O) groups excluding carboxylic acids is 2. The fraction of sp³-hybridized carbons (Fsp3) is 0.160. The maximum Gasteiger partial charge on any atom is 0.273 e. The van der Waals surface area contributed by atoms with Crippen LogP contribution in [-0.4, -0.2) is 28.9 Å². The number of ether oxygens (including phenoxy) is 1. The number of rotatable bonds is 7. The summed E-state index contributed by atoms with van der Waals surface area (Å²) in [6.07, 6.45) is 2.90. The largest absolute Gasteiger partial charge is 0.496 e. The first-order chi connectivity index (χ1) is 16.1. The number of para-hydroxylation sites is 1. The van der Waals surface area contributed by atoms with E-state index in [1.54, 1.807) is 36.5 Å². The number of H-pyrrole nitrogens is 1. The van der Waals surface area contributed by atoms with Crippen LogP contribution in [0.3, 0.4) is 0 Å². The fourth-order valence-electron chi connectivity index (χ4n) is 3.72. The summed E-state index contributed by atoms with van der Waals surface area (Å²) in [6.45, 7) is 0. The molecule has 2 amide bonds. The molecule has 4 aromatic rings. The number of hydrazine groups is 1. The molecule has 168 valence electrons. The third kappa shape index (κ3) is 5.01. The summed E-state index contributed by atoms with van der Waals surface area (Å²) in [5, 5.41) is 0.764. The Kier molecular flexibility index (Phi) is 6.64. The minimum Gasteiger partial charge on any atom is -0.496 e. The minimum atomic E-state index is -0.467. The van der Waals surface area contributed by atoms with Crippen molar-refractivity contribution in [1.29, 1.82) is 0 Å². The van der Waals surface area contributed by atoms with Crippen LogP contribution in [0.5, 0.6) is 5.75 Å². The van der Waals surface area contributed by atoms with Crippen LogP contribution in [0.2, 0.25) is 0 Å². The van der Waals surface area contributed by atoms with Gasteiger partial charge in [0.1, 0.15) is 11.6 Å². The number of benzene rings is 2. The zero-order valence-electron chi connectivity index (χ0n) is 18.0. The van der Waals surface area contributed by atoms with E-state index >= 15 is 0 Å². The molecule has 0 spiro atoms. The van der Waals surface area contributed by atoms with Gasteiger partial charge in [0.25, 0.3) is 5.91 Å². The SMILES string of the molecule is COc1ccccc1C(=O)NNC(=O)CCCc1c(-c2ccccn2)[nH]c2ccc(F)cc12. The molecule has 2 aromatic heterocycles. The van der Waals surface area contributed by atoms with Gasteiger partial charge in [-0.15, -0.1) is 0 Å². The number of aromatic amines is 1. The molecule has 0 radical (unpaired) electrons. The number of methoxy groups -OCH3 is 1. The highest BCUT2D eigenvalue weighted by molar-refractivity contribution is 5.97. The first kappa shape index (κ1) is 22.0. The number of aromatic nitrogens is 2.